The Hall–Kier alpha value is -2.74. The van der Waals surface area contributed by atoms with Crippen molar-refractivity contribution in [2.75, 3.05) is 7.11 Å². The first-order valence-corrected chi connectivity index (χ1v) is 8.98. The van der Waals surface area contributed by atoms with E-state index in [2.05, 4.69) is 23.9 Å². The van der Waals surface area contributed by atoms with Crippen molar-refractivity contribution in [1.82, 2.24) is 14.6 Å². The summed E-state index contributed by atoms with van der Waals surface area (Å²) in [5.74, 6) is 0.337. The smallest absolute Gasteiger partial charge is 0.342 e. The summed E-state index contributed by atoms with van der Waals surface area (Å²) in [4.78, 5) is 29.3. The van der Waals surface area contributed by atoms with E-state index in [1.807, 2.05) is 0 Å². The fourth-order valence-electron chi connectivity index (χ4n) is 2.43. The third-order valence-electron chi connectivity index (χ3n) is 3.60. The minimum Gasteiger partial charge on any atom is -0.496 e. The first-order valence-electron chi connectivity index (χ1n) is 8.16. The molecule has 8 heteroatoms. The Labute approximate surface area is 154 Å². The molecular weight excluding hydrogens is 354 g/mol. The molecule has 7 nitrogen and oxygen atoms in total. The van der Waals surface area contributed by atoms with Crippen LogP contribution in [0.25, 0.3) is 4.96 Å². The fraction of sp³-hybridized carbons (Fsp3) is 0.333. The predicted molar refractivity (Wildman–Crippen MR) is 97.8 cm³/mol. The van der Waals surface area contributed by atoms with Gasteiger partial charge in [-0.3, -0.25) is 4.79 Å². The quantitative estimate of drug-likeness (QED) is 0.618. The Morgan fingerprint density at radius 3 is 2.81 bits per heavy atom. The van der Waals surface area contributed by atoms with E-state index >= 15 is 0 Å². The second-order valence-electron chi connectivity index (χ2n) is 6.15. The number of esters is 1. The van der Waals surface area contributed by atoms with Crippen LogP contribution in [-0.4, -0.2) is 27.7 Å². The summed E-state index contributed by atoms with van der Waals surface area (Å²) in [6.07, 6.45) is 0.783. The summed E-state index contributed by atoms with van der Waals surface area (Å²) in [7, 11) is 1.49. The maximum Gasteiger partial charge on any atom is 0.342 e. The lowest BCUT2D eigenvalue weighted by atomic mass is 10.1. The molecule has 0 spiro atoms. The van der Waals surface area contributed by atoms with Gasteiger partial charge in [-0.05, 0) is 18.1 Å². The van der Waals surface area contributed by atoms with E-state index in [9.17, 15) is 9.59 Å². The van der Waals surface area contributed by atoms with Crippen LogP contribution in [0.3, 0.4) is 0 Å². The number of hydrogen-bond acceptors (Lipinski definition) is 7. The van der Waals surface area contributed by atoms with Gasteiger partial charge in [-0.2, -0.15) is 9.61 Å². The van der Waals surface area contributed by atoms with Crippen molar-refractivity contribution in [3.8, 4) is 5.75 Å². The highest BCUT2D eigenvalue weighted by Crippen LogP contribution is 2.19. The number of ether oxygens (including phenoxy) is 2. The lowest BCUT2D eigenvalue weighted by Gasteiger charge is -2.08. The van der Waals surface area contributed by atoms with Gasteiger partial charge >= 0.3 is 5.97 Å². The zero-order valence-electron chi connectivity index (χ0n) is 14.8. The van der Waals surface area contributed by atoms with Crippen molar-refractivity contribution in [2.45, 2.75) is 26.9 Å². The van der Waals surface area contributed by atoms with Crippen LogP contribution in [0.5, 0.6) is 5.75 Å². The number of carbonyl (C=O) groups is 1. The Morgan fingerprint density at radius 2 is 2.08 bits per heavy atom. The normalized spacial score (nSPS) is 11.1. The van der Waals surface area contributed by atoms with Crippen molar-refractivity contribution in [3.05, 3.63) is 57.0 Å². The van der Waals surface area contributed by atoms with Gasteiger partial charge in [0.15, 0.2) is 0 Å². The molecule has 0 bridgehead atoms. The molecule has 3 rings (SSSR count). The number of methoxy groups -OCH3 is 1. The maximum absolute atomic E-state index is 12.2. The third kappa shape index (κ3) is 3.91. The number of nitrogens with zero attached hydrogens (tertiary/aromatic N) is 3. The van der Waals surface area contributed by atoms with E-state index < -0.39 is 5.97 Å². The standard InChI is InChI=1S/C18H19N3O4S/c1-11(2)8-15-20-21-16(22)9-12(19-18(21)26-15)10-25-17(23)13-6-4-5-7-14(13)24-3/h4-7,9,11H,8,10H2,1-3H3. The molecule has 3 aromatic rings. The third-order valence-corrected chi connectivity index (χ3v) is 4.53. The number of aromatic nitrogens is 3. The molecule has 0 aliphatic heterocycles. The summed E-state index contributed by atoms with van der Waals surface area (Å²) in [5, 5.41) is 5.15. The first kappa shape index (κ1) is 18.1. The highest BCUT2D eigenvalue weighted by atomic mass is 32.1. The van der Waals surface area contributed by atoms with E-state index in [0.717, 1.165) is 11.4 Å². The molecule has 26 heavy (non-hydrogen) atoms. The SMILES string of the molecule is COc1ccccc1C(=O)OCc1cc(=O)n2nc(CC(C)C)sc2n1. The van der Waals surface area contributed by atoms with Gasteiger partial charge in [0.1, 0.15) is 22.9 Å². The highest BCUT2D eigenvalue weighted by Gasteiger charge is 2.15. The minimum atomic E-state index is -0.533. The average Bonchev–Trinajstić information content (AvgIpc) is 3.01. The minimum absolute atomic E-state index is 0.0972. The zero-order valence-corrected chi connectivity index (χ0v) is 15.6. The van der Waals surface area contributed by atoms with E-state index in [0.29, 0.717) is 27.9 Å². The molecule has 0 atom stereocenters. The van der Waals surface area contributed by atoms with Crippen LogP contribution in [0.2, 0.25) is 0 Å². The van der Waals surface area contributed by atoms with Gasteiger partial charge < -0.3 is 9.47 Å². The lowest BCUT2D eigenvalue weighted by molar-refractivity contribution is 0.0464. The number of para-hydroxylation sites is 1. The Bertz CT molecular complexity index is 994. The van der Waals surface area contributed by atoms with E-state index in [1.165, 1.54) is 29.0 Å². The molecule has 1 aromatic carbocycles. The molecule has 2 heterocycles. The highest BCUT2D eigenvalue weighted by molar-refractivity contribution is 7.16. The summed E-state index contributed by atoms with van der Waals surface area (Å²) >= 11 is 1.37. The fourth-order valence-corrected chi connectivity index (χ4v) is 3.56. The zero-order chi connectivity index (χ0) is 18.7. The summed E-state index contributed by atoms with van der Waals surface area (Å²) < 4.78 is 11.7. The number of rotatable bonds is 6. The van der Waals surface area contributed by atoms with Crippen LogP contribution in [0.1, 0.15) is 34.9 Å². The molecule has 0 unspecified atom stereocenters. The molecular formula is C18H19N3O4S. The van der Waals surface area contributed by atoms with Crippen LogP contribution in [-0.2, 0) is 17.8 Å². The van der Waals surface area contributed by atoms with E-state index in [1.54, 1.807) is 24.3 Å². The Kier molecular flexibility index (Phi) is 5.32. The van der Waals surface area contributed by atoms with Crippen molar-refractivity contribution in [3.63, 3.8) is 0 Å². The van der Waals surface area contributed by atoms with Crippen molar-refractivity contribution >= 4 is 22.3 Å². The predicted octanol–water partition coefficient (Wildman–Crippen LogP) is 2.72. The van der Waals surface area contributed by atoms with E-state index in [4.69, 9.17) is 9.47 Å². The molecule has 0 fully saturated rings. The van der Waals surface area contributed by atoms with Crippen LogP contribution >= 0.6 is 11.3 Å². The Morgan fingerprint density at radius 1 is 1.31 bits per heavy atom. The second-order valence-corrected chi connectivity index (χ2v) is 7.19. The summed E-state index contributed by atoms with van der Waals surface area (Å²) in [6.45, 7) is 4.08. The van der Waals surface area contributed by atoms with Crippen LogP contribution in [0.4, 0.5) is 0 Å². The van der Waals surface area contributed by atoms with Gasteiger partial charge in [0.05, 0.1) is 12.8 Å². The van der Waals surface area contributed by atoms with Gasteiger partial charge in [0.25, 0.3) is 5.56 Å². The number of benzene rings is 1. The van der Waals surface area contributed by atoms with Gasteiger partial charge in [-0.25, -0.2) is 9.78 Å². The molecule has 0 saturated heterocycles. The van der Waals surface area contributed by atoms with Gasteiger partial charge in [-0.1, -0.05) is 37.3 Å². The van der Waals surface area contributed by atoms with Gasteiger partial charge in [0, 0.05) is 12.5 Å². The first-order chi connectivity index (χ1) is 12.5. The lowest BCUT2D eigenvalue weighted by Crippen LogP contribution is -2.17. The Balaban J connectivity index is 1.78. The van der Waals surface area contributed by atoms with Crippen molar-refractivity contribution in [2.24, 2.45) is 5.92 Å². The maximum atomic E-state index is 12.2. The van der Waals surface area contributed by atoms with Crippen LogP contribution in [0, 0.1) is 5.92 Å². The molecule has 0 N–H and O–H groups in total. The largest absolute Gasteiger partial charge is 0.496 e. The number of fused-ring (bicyclic) bond motifs is 1. The monoisotopic (exact) mass is 373 g/mol. The van der Waals surface area contributed by atoms with Gasteiger partial charge in [0.2, 0.25) is 4.96 Å². The molecule has 0 radical (unpaired) electrons. The average molecular weight is 373 g/mol. The van der Waals surface area contributed by atoms with Crippen LogP contribution < -0.4 is 10.3 Å². The van der Waals surface area contributed by atoms with Gasteiger partial charge in [-0.15, -0.1) is 0 Å². The van der Waals surface area contributed by atoms with Crippen molar-refractivity contribution in [1.29, 1.82) is 0 Å². The van der Waals surface area contributed by atoms with E-state index in [-0.39, 0.29) is 12.2 Å². The molecule has 0 amide bonds. The molecule has 0 aliphatic rings. The summed E-state index contributed by atoms with van der Waals surface area (Å²) in [5.41, 5.74) is 0.424. The molecule has 2 aromatic heterocycles. The summed E-state index contributed by atoms with van der Waals surface area (Å²) in [6, 6.07) is 8.13. The molecule has 0 aliphatic carbocycles. The number of carbonyl (C=O) groups excluding carboxylic acids is 1. The van der Waals surface area contributed by atoms with Crippen LogP contribution in [0.15, 0.2) is 35.1 Å². The molecule has 0 saturated carbocycles. The second kappa shape index (κ2) is 7.65. The van der Waals surface area contributed by atoms with Crippen molar-refractivity contribution < 1.29 is 14.3 Å². The molecule has 136 valence electrons. The number of hydrogen-bond donors (Lipinski definition) is 0. The topological polar surface area (TPSA) is 82.8 Å².